The lowest BCUT2D eigenvalue weighted by atomic mass is 10.1. The average molecular weight is 395 g/mol. The third-order valence-corrected chi connectivity index (χ3v) is 5.58. The van der Waals surface area contributed by atoms with E-state index in [9.17, 15) is 13.2 Å². The molecule has 1 heterocycles. The van der Waals surface area contributed by atoms with Gasteiger partial charge in [-0.05, 0) is 60.9 Å². The van der Waals surface area contributed by atoms with Crippen molar-refractivity contribution in [3.05, 3.63) is 89.2 Å². The number of carbonyl (C=O) groups is 1. The van der Waals surface area contributed by atoms with Crippen LogP contribution in [0.2, 0.25) is 0 Å². The Bertz CT molecular complexity index is 1100. The molecule has 2 aromatic carbocycles. The molecular weight excluding hydrogens is 374 g/mol. The van der Waals surface area contributed by atoms with E-state index in [4.69, 9.17) is 0 Å². The summed E-state index contributed by atoms with van der Waals surface area (Å²) in [7, 11) is -3.82. The molecule has 1 amide bonds. The third-order valence-electron chi connectivity index (χ3n) is 4.22. The lowest BCUT2D eigenvalue weighted by Gasteiger charge is -2.12. The lowest BCUT2D eigenvalue weighted by Crippen LogP contribution is -2.23. The Labute approximate surface area is 164 Å². The first kappa shape index (κ1) is 19.6. The van der Waals surface area contributed by atoms with Crippen LogP contribution in [-0.2, 0) is 16.6 Å². The van der Waals surface area contributed by atoms with Gasteiger partial charge >= 0.3 is 0 Å². The van der Waals surface area contributed by atoms with E-state index in [1.165, 1.54) is 12.1 Å². The Morgan fingerprint density at radius 2 is 1.86 bits per heavy atom. The maximum absolute atomic E-state index is 12.8. The fraction of sp³-hybridized carbons (Fsp3) is 0.143. The van der Waals surface area contributed by atoms with Gasteiger partial charge in [0.25, 0.3) is 15.9 Å². The molecule has 0 atom stereocenters. The van der Waals surface area contributed by atoms with E-state index in [0.29, 0.717) is 12.2 Å². The summed E-state index contributed by atoms with van der Waals surface area (Å²) in [6.45, 7) is 4.04. The summed E-state index contributed by atoms with van der Waals surface area (Å²) in [5.74, 6) is -0.354. The van der Waals surface area contributed by atoms with Gasteiger partial charge in [-0.15, -0.1) is 0 Å². The van der Waals surface area contributed by atoms with Crippen LogP contribution in [0.15, 0.2) is 71.9 Å². The normalized spacial score (nSPS) is 11.1. The number of aromatic nitrogens is 1. The van der Waals surface area contributed by atoms with Crippen molar-refractivity contribution in [2.45, 2.75) is 25.3 Å². The Balaban J connectivity index is 1.77. The summed E-state index contributed by atoms with van der Waals surface area (Å²) in [6, 6.07) is 15.1. The van der Waals surface area contributed by atoms with Gasteiger partial charge in [0, 0.05) is 24.5 Å². The SMILES string of the molecule is Cc1ccc(C)c(NS(=O)(=O)c2cccc(C(=O)NCc3cccnc3)c2)c1. The first-order chi connectivity index (χ1) is 13.3. The molecule has 0 unspecified atom stereocenters. The summed E-state index contributed by atoms with van der Waals surface area (Å²) in [5, 5.41) is 2.77. The highest BCUT2D eigenvalue weighted by molar-refractivity contribution is 7.92. The van der Waals surface area contributed by atoms with E-state index in [1.807, 2.05) is 32.0 Å². The predicted molar refractivity (Wildman–Crippen MR) is 109 cm³/mol. The van der Waals surface area contributed by atoms with Crippen LogP contribution in [0, 0.1) is 13.8 Å². The number of aryl methyl sites for hydroxylation is 2. The van der Waals surface area contributed by atoms with Crippen molar-refractivity contribution in [2.75, 3.05) is 4.72 Å². The maximum atomic E-state index is 12.8. The molecule has 0 aliphatic heterocycles. The third kappa shape index (κ3) is 4.75. The first-order valence-electron chi connectivity index (χ1n) is 8.72. The zero-order valence-corrected chi connectivity index (χ0v) is 16.5. The number of anilines is 1. The number of rotatable bonds is 6. The van der Waals surface area contributed by atoms with E-state index in [1.54, 1.807) is 36.7 Å². The number of hydrogen-bond acceptors (Lipinski definition) is 4. The van der Waals surface area contributed by atoms with Gasteiger partial charge in [0.15, 0.2) is 0 Å². The van der Waals surface area contributed by atoms with Crippen LogP contribution in [-0.4, -0.2) is 19.3 Å². The number of nitrogens with zero attached hydrogens (tertiary/aromatic N) is 1. The van der Waals surface area contributed by atoms with Crippen LogP contribution in [0.5, 0.6) is 0 Å². The second-order valence-corrected chi connectivity index (χ2v) is 8.18. The molecule has 6 nitrogen and oxygen atoms in total. The molecule has 1 aromatic heterocycles. The van der Waals surface area contributed by atoms with Crippen LogP contribution in [0.1, 0.15) is 27.0 Å². The topological polar surface area (TPSA) is 88.2 Å². The minimum Gasteiger partial charge on any atom is -0.348 e. The summed E-state index contributed by atoms with van der Waals surface area (Å²) in [6.07, 6.45) is 3.32. The van der Waals surface area contributed by atoms with Gasteiger partial charge in [-0.25, -0.2) is 8.42 Å². The van der Waals surface area contributed by atoms with Crippen LogP contribution in [0.25, 0.3) is 0 Å². The van der Waals surface area contributed by atoms with Crippen molar-refractivity contribution in [2.24, 2.45) is 0 Å². The van der Waals surface area contributed by atoms with Crippen molar-refractivity contribution in [1.29, 1.82) is 0 Å². The molecule has 0 spiro atoms. The predicted octanol–water partition coefficient (Wildman–Crippen LogP) is 3.43. The molecule has 2 N–H and O–H groups in total. The molecule has 0 fully saturated rings. The number of carbonyl (C=O) groups excluding carboxylic acids is 1. The van der Waals surface area contributed by atoms with E-state index in [-0.39, 0.29) is 16.4 Å². The van der Waals surface area contributed by atoms with E-state index in [2.05, 4.69) is 15.0 Å². The van der Waals surface area contributed by atoms with Gasteiger partial charge in [0.05, 0.1) is 10.6 Å². The number of pyridine rings is 1. The van der Waals surface area contributed by atoms with Crippen molar-refractivity contribution in [1.82, 2.24) is 10.3 Å². The second-order valence-electron chi connectivity index (χ2n) is 6.50. The van der Waals surface area contributed by atoms with Crippen molar-refractivity contribution < 1.29 is 13.2 Å². The fourth-order valence-electron chi connectivity index (χ4n) is 2.64. The standard InChI is InChI=1S/C21H21N3O3S/c1-15-8-9-16(2)20(11-15)24-28(26,27)19-7-3-6-18(12-19)21(25)23-14-17-5-4-10-22-13-17/h3-13,24H,14H2,1-2H3,(H,23,25). The molecule has 0 saturated carbocycles. The van der Waals surface area contributed by atoms with Gasteiger partial charge < -0.3 is 5.32 Å². The average Bonchev–Trinajstić information content (AvgIpc) is 2.69. The van der Waals surface area contributed by atoms with Crippen molar-refractivity contribution >= 4 is 21.6 Å². The highest BCUT2D eigenvalue weighted by Crippen LogP contribution is 2.21. The zero-order chi connectivity index (χ0) is 20.1. The molecule has 0 aliphatic carbocycles. The summed E-state index contributed by atoms with van der Waals surface area (Å²) in [4.78, 5) is 16.4. The highest BCUT2D eigenvalue weighted by Gasteiger charge is 2.17. The number of hydrogen-bond donors (Lipinski definition) is 2. The van der Waals surface area contributed by atoms with Crippen LogP contribution < -0.4 is 10.0 Å². The van der Waals surface area contributed by atoms with Crippen LogP contribution >= 0.6 is 0 Å². The lowest BCUT2D eigenvalue weighted by molar-refractivity contribution is 0.0950. The molecule has 0 bridgehead atoms. The quantitative estimate of drug-likeness (QED) is 0.669. The highest BCUT2D eigenvalue weighted by atomic mass is 32.2. The molecule has 0 saturated heterocycles. The molecule has 0 radical (unpaired) electrons. The van der Waals surface area contributed by atoms with E-state index < -0.39 is 10.0 Å². The van der Waals surface area contributed by atoms with Crippen LogP contribution in [0.3, 0.4) is 0 Å². The minimum atomic E-state index is -3.82. The number of amides is 1. The van der Waals surface area contributed by atoms with E-state index in [0.717, 1.165) is 16.7 Å². The van der Waals surface area contributed by atoms with Gasteiger partial charge in [0.1, 0.15) is 0 Å². The van der Waals surface area contributed by atoms with Gasteiger partial charge in [-0.1, -0.05) is 24.3 Å². The Hall–Kier alpha value is -3.19. The Morgan fingerprint density at radius 3 is 2.61 bits per heavy atom. The van der Waals surface area contributed by atoms with Gasteiger partial charge in [-0.3, -0.25) is 14.5 Å². The number of sulfonamides is 1. The molecule has 7 heteroatoms. The minimum absolute atomic E-state index is 0.0300. The molecule has 28 heavy (non-hydrogen) atoms. The molecular formula is C21H21N3O3S. The van der Waals surface area contributed by atoms with Crippen molar-refractivity contribution in [3.8, 4) is 0 Å². The van der Waals surface area contributed by atoms with Gasteiger partial charge in [-0.2, -0.15) is 0 Å². The molecule has 3 aromatic rings. The van der Waals surface area contributed by atoms with Gasteiger partial charge in [0.2, 0.25) is 0 Å². The number of nitrogens with one attached hydrogen (secondary N) is 2. The molecule has 0 aliphatic rings. The number of benzene rings is 2. The Kier molecular flexibility index (Phi) is 5.75. The monoisotopic (exact) mass is 395 g/mol. The maximum Gasteiger partial charge on any atom is 0.261 e. The smallest absolute Gasteiger partial charge is 0.261 e. The summed E-state index contributed by atoms with van der Waals surface area (Å²) in [5.41, 5.74) is 3.42. The molecule has 3 rings (SSSR count). The summed E-state index contributed by atoms with van der Waals surface area (Å²) >= 11 is 0. The van der Waals surface area contributed by atoms with Crippen LogP contribution in [0.4, 0.5) is 5.69 Å². The fourth-order valence-corrected chi connectivity index (χ4v) is 3.81. The zero-order valence-electron chi connectivity index (χ0n) is 15.6. The largest absolute Gasteiger partial charge is 0.348 e. The summed E-state index contributed by atoms with van der Waals surface area (Å²) < 4.78 is 28.1. The Morgan fingerprint density at radius 1 is 1.04 bits per heavy atom. The first-order valence-corrected chi connectivity index (χ1v) is 10.2. The van der Waals surface area contributed by atoms with E-state index >= 15 is 0 Å². The second kappa shape index (κ2) is 8.22. The van der Waals surface area contributed by atoms with Crippen molar-refractivity contribution in [3.63, 3.8) is 0 Å². The molecule has 144 valence electrons.